The van der Waals surface area contributed by atoms with E-state index < -0.39 is 24.5 Å². The molecule has 0 aromatic heterocycles. The highest BCUT2D eigenvalue weighted by molar-refractivity contribution is 5.95. The molecule has 3 amide bonds. The van der Waals surface area contributed by atoms with Gasteiger partial charge in [-0.05, 0) is 12.1 Å². The summed E-state index contributed by atoms with van der Waals surface area (Å²) in [4.78, 5) is 32.1. The molecule has 0 unspecified atom stereocenters. The van der Waals surface area contributed by atoms with Crippen LogP contribution in [0.5, 0.6) is 5.75 Å². The maximum atomic E-state index is 11.0. The first-order chi connectivity index (χ1) is 8.40. The molecule has 1 aromatic carbocycles. The number of carbonyl (C=O) groups excluding carboxylic acids is 2. The maximum absolute atomic E-state index is 11.0. The Morgan fingerprint density at radius 1 is 1.33 bits per heavy atom. The lowest BCUT2D eigenvalue weighted by Crippen LogP contribution is -2.38. The molecule has 0 saturated carbocycles. The van der Waals surface area contributed by atoms with Crippen molar-refractivity contribution in [3.8, 4) is 5.75 Å². The van der Waals surface area contributed by atoms with Gasteiger partial charge in [-0.2, -0.15) is 0 Å². The second-order valence-corrected chi connectivity index (χ2v) is 3.26. The van der Waals surface area contributed by atoms with E-state index in [1.165, 1.54) is 18.2 Å². The third-order valence-electron chi connectivity index (χ3n) is 1.89. The molecule has 8 heteroatoms. The van der Waals surface area contributed by atoms with E-state index in [2.05, 4.69) is 0 Å². The van der Waals surface area contributed by atoms with Crippen molar-refractivity contribution in [2.45, 2.75) is 0 Å². The Labute approximate surface area is 102 Å². The van der Waals surface area contributed by atoms with Crippen LogP contribution in [0.1, 0.15) is 10.4 Å². The number of hydrogen-bond acceptors (Lipinski definition) is 5. The zero-order valence-corrected chi connectivity index (χ0v) is 9.17. The van der Waals surface area contributed by atoms with E-state index in [0.29, 0.717) is 0 Å². The number of hydrogen-bond donors (Lipinski definition) is 4. The molecule has 0 fully saturated rings. The number of nitrogens with two attached hydrogens (primary N) is 2. The second-order valence-electron chi connectivity index (χ2n) is 3.26. The van der Waals surface area contributed by atoms with Gasteiger partial charge in [0.2, 0.25) is 0 Å². The fourth-order valence-corrected chi connectivity index (χ4v) is 1.15. The van der Waals surface area contributed by atoms with Crippen LogP contribution in [0.25, 0.3) is 0 Å². The molecular weight excluding hydrogens is 242 g/mol. The molecule has 0 atom stereocenters. The average molecular weight is 253 g/mol. The average Bonchev–Trinajstić information content (AvgIpc) is 2.25. The monoisotopic (exact) mass is 253 g/mol. The van der Waals surface area contributed by atoms with Gasteiger partial charge < -0.3 is 21.3 Å². The number of nitrogen functional groups attached to an aromatic ring is 1. The standard InChI is InChI=1S/C10H11N3O5/c11-7-3-5(1-2-6(7)9(15)16)18-4-8(14)13-10(12)17/h1-3H,4,11H2,(H,15,16)(H3,12,13,14,17). The predicted molar refractivity (Wildman–Crippen MR) is 61.0 cm³/mol. The van der Waals surface area contributed by atoms with Crippen molar-refractivity contribution in [1.29, 1.82) is 0 Å². The van der Waals surface area contributed by atoms with Crippen molar-refractivity contribution in [2.24, 2.45) is 5.73 Å². The molecule has 1 aromatic rings. The van der Waals surface area contributed by atoms with Gasteiger partial charge in [0.15, 0.2) is 6.61 Å². The number of carbonyl (C=O) groups is 3. The van der Waals surface area contributed by atoms with E-state index in [9.17, 15) is 14.4 Å². The third-order valence-corrected chi connectivity index (χ3v) is 1.89. The Kier molecular flexibility index (Phi) is 4.08. The predicted octanol–water partition coefficient (Wildman–Crippen LogP) is -0.459. The van der Waals surface area contributed by atoms with Crippen molar-refractivity contribution in [3.63, 3.8) is 0 Å². The molecular formula is C10H11N3O5. The van der Waals surface area contributed by atoms with E-state index in [0.717, 1.165) is 0 Å². The van der Waals surface area contributed by atoms with Gasteiger partial charge in [-0.15, -0.1) is 0 Å². The molecule has 0 aliphatic rings. The number of nitrogens with one attached hydrogen (secondary N) is 1. The minimum Gasteiger partial charge on any atom is -0.484 e. The van der Waals surface area contributed by atoms with Gasteiger partial charge in [0.25, 0.3) is 5.91 Å². The van der Waals surface area contributed by atoms with Gasteiger partial charge in [-0.1, -0.05) is 0 Å². The number of ether oxygens (including phenoxy) is 1. The van der Waals surface area contributed by atoms with Gasteiger partial charge in [0.05, 0.1) is 5.56 Å². The Morgan fingerprint density at radius 2 is 2.00 bits per heavy atom. The Balaban J connectivity index is 2.64. The molecule has 8 nitrogen and oxygen atoms in total. The first kappa shape index (κ1) is 13.3. The van der Waals surface area contributed by atoms with Crippen LogP contribution in [0, 0.1) is 0 Å². The third kappa shape index (κ3) is 3.67. The van der Waals surface area contributed by atoms with Crippen LogP contribution in [0.3, 0.4) is 0 Å². The quantitative estimate of drug-likeness (QED) is 0.534. The van der Waals surface area contributed by atoms with E-state index in [-0.39, 0.29) is 17.0 Å². The van der Waals surface area contributed by atoms with E-state index in [1.54, 1.807) is 5.32 Å². The number of rotatable bonds is 4. The summed E-state index contributed by atoms with van der Waals surface area (Å²) in [5.74, 6) is -1.67. The van der Waals surface area contributed by atoms with Crippen LogP contribution in [0.15, 0.2) is 18.2 Å². The number of amides is 3. The lowest BCUT2D eigenvalue weighted by atomic mass is 10.2. The number of aromatic carboxylic acids is 1. The molecule has 0 aliphatic heterocycles. The zero-order valence-electron chi connectivity index (χ0n) is 9.17. The first-order valence-electron chi connectivity index (χ1n) is 4.75. The number of carboxylic acid groups (broad SMARTS) is 1. The summed E-state index contributed by atoms with van der Waals surface area (Å²) < 4.78 is 4.99. The topological polar surface area (TPSA) is 145 Å². The molecule has 0 aliphatic carbocycles. The Morgan fingerprint density at radius 3 is 2.50 bits per heavy atom. The van der Waals surface area contributed by atoms with Crippen molar-refractivity contribution < 1.29 is 24.2 Å². The highest BCUT2D eigenvalue weighted by Gasteiger charge is 2.10. The van der Waals surface area contributed by atoms with E-state index in [1.807, 2.05) is 0 Å². The van der Waals surface area contributed by atoms with Gasteiger partial charge in [-0.3, -0.25) is 10.1 Å². The first-order valence-corrected chi connectivity index (χ1v) is 4.75. The van der Waals surface area contributed by atoms with Crippen molar-refractivity contribution >= 4 is 23.6 Å². The Bertz CT molecular complexity index is 500. The minimum absolute atomic E-state index is 0.00955. The highest BCUT2D eigenvalue weighted by atomic mass is 16.5. The van der Waals surface area contributed by atoms with Crippen LogP contribution in [0.2, 0.25) is 0 Å². The molecule has 0 saturated heterocycles. The SMILES string of the molecule is NC(=O)NC(=O)COc1ccc(C(=O)O)c(N)c1. The summed E-state index contributed by atoms with van der Waals surface area (Å²) >= 11 is 0. The molecule has 0 spiro atoms. The lowest BCUT2D eigenvalue weighted by Gasteiger charge is -2.07. The normalized spacial score (nSPS) is 9.56. The summed E-state index contributed by atoms with van der Waals surface area (Å²) in [6.45, 7) is -0.436. The summed E-state index contributed by atoms with van der Waals surface area (Å²) in [5.41, 5.74) is 10.1. The van der Waals surface area contributed by atoms with Crippen molar-refractivity contribution in [2.75, 3.05) is 12.3 Å². The summed E-state index contributed by atoms with van der Waals surface area (Å²) in [5, 5.41) is 10.5. The van der Waals surface area contributed by atoms with Crippen molar-refractivity contribution in [3.05, 3.63) is 23.8 Å². The summed E-state index contributed by atoms with van der Waals surface area (Å²) in [7, 11) is 0. The number of benzene rings is 1. The highest BCUT2D eigenvalue weighted by Crippen LogP contribution is 2.19. The van der Waals surface area contributed by atoms with Crippen LogP contribution >= 0.6 is 0 Å². The van der Waals surface area contributed by atoms with Gasteiger partial charge in [-0.25, -0.2) is 9.59 Å². The van der Waals surface area contributed by atoms with Crippen LogP contribution in [0.4, 0.5) is 10.5 Å². The maximum Gasteiger partial charge on any atom is 0.337 e. The number of anilines is 1. The molecule has 1 rings (SSSR count). The Hall–Kier alpha value is -2.77. The fraction of sp³-hybridized carbons (Fsp3) is 0.100. The lowest BCUT2D eigenvalue weighted by molar-refractivity contribution is -0.121. The molecule has 18 heavy (non-hydrogen) atoms. The molecule has 0 radical (unpaired) electrons. The fourth-order valence-electron chi connectivity index (χ4n) is 1.15. The van der Waals surface area contributed by atoms with Crippen molar-refractivity contribution in [1.82, 2.24) is 5.32 Å². The molecule has 0 bridgehead atoms. The van der Waals surface area contributed by atoms with E-state index >= 15 is 0 Å². The number of urea groups is 1. The number of imide groups is 1. The largest absolute Gasteiger partial charge is 0.484 e. The summed E-state index contributed by atoms with van der Waals surface area (Å²) in [6.07, 6.45) is 0. The van der Waals surface area contributed by atoms with Crippen LogP contribution in [-0.2, 0) is 4.79 Å². The van der Waals surface area contributed by atoms with Crippen LogP contribution in [-0.4, -0.2) is 29.6 Å². The van der Waals surface area contributed by atoms with Gasteiger partial charge in [0.1, 0.15) is 5.75 Å². The van der Waals surface area contributed by atoms with E-state index in [4.69, 9.17) is 21.3 Å². The summed E-state index contributed by atoms with van der Waals surface area (Å²) in [6, 6.07) is 2.88. The number of primary amides is 1. The van der Waals surface area contributed by atoms with Gasteiger partial charge in [0, 0.05) is 11.8 Å². The zero-order chi connectivity index (χ0) is 13.7. The molecule has 96 valence electrons. The molecule has 0 heterocycles. The smallest absolute Gasteiger partial charge is 0.337 e. The second kappa shape index (κ2) is 5.53. The van der Waals surface area contributed by atoms with Crippen LogP contribution < -0.4 is 21.5 Å². The van der Waals surface area contributed by atoms with Gasteiger partial charge >= 0.3 is 12.0 Å². The molecule has 6 N–H and O–H groups in total. The number of carboxylic acids is 1. The minimum atomic E-state index is -1.16.